The normalized spacial score (nSPS) is 16.6. The summed E-state index contributed by atoms with van der Waals surface area (Å²) in [6, 6.07) is 5.82. The molecule has 1 aromatic carbocycles. The number of alkyl halides is 3. The fourth-order valence-corrected chi connectivity index (χ4v) is 4.47. The monoisotopic (exact) mass is 582 g/mol. The topological polar surface area (TPSA) is 78.1 Å². The Bertz CT molecular complexity index is 1540. The van der Waals surface area contributed by atoms with Crippen LogP contribution in [0, 0.1) is 12.7 Å². The molecule has 0 amide bonds. The number of morpholine rings is 1. The van der Waals surface area contributed by atoms with Crippen molar-refractivity contribution in [2.45, 2.75) is 18.0 Å². The van der Waals surface area contributed by atoms with Crippen molar-refractivity contribution in [2.75, 3.05) is 24.6 Å². The molecule has 8 nitrogen and oxygen atoms in total. The minimum Gasteiger partial charge on any atom is -0.370 e. The average Bonchev–Trinajstić information content (AvgIpc) is 3.33. The van der Waals surface area contributed by atoms with Gasteiger partial charge < -0.3 is 9.64 Å². The van der Waals surface area contributed by atoms with Crippen LogP contribution in [0.2, 0.25) is 5.02 Å². The number of halogens is 5. The Labute approximate surface area is 216 Å². The minimum absolute atomic E-state index is 0.111. The van der Waals surface area contributed by atoms with Crippen LogP contribution in [0.5, 0.6) is 0 Å². The SMILES string of the molecule is Cc1nc2cc(N3CCO[C@@H](c4cnn(C(F)(F)Br)c4)C3)nc(-c3ccc(Cl)cc3F)c2c(=O)n1C. The summed E-state index contributed by atoms with van der Waals surface area (Å²) in [5.74, 6) is 0.299. The van der Waals surface area contributed by atoms with Crippen LogP contribution in [0.1, 0.15) is 17.5 Å². The van der Waals surface area contributed by atoms with E-state index in [-0.39, 0.29) is 40.4 Å². The van der Waals surface area contributed by atoms with Crippen LogP contribution < -0.4 is 10.5 Å². The summed E-state index contributed by atoms with van der Waals surface area (Å²) in [7, 11) is 1.59. The number of pyridine rings is 1. The Morgan fingerprint density at radius 3 is 2.72 bits per heavy atom. The Kier molecular flexibility index (Phi) is 6.29. The maximum Gasteiger partial charge on any atom is 0.400 e. The van der Waals surface area contributed by atoms with E-state index in [1.54, 1.807) is 20.0 Å². The zero-order chi connectivity index (χ0) is 25.8. The zero-order valence-corrected chi connectivity index (χ0v) is 21.4. The lowest BCUT2D eigenvalue weighted by Crippen LogP contribution is -2.39. The van der Waals surface area contributed by atoms with E-state index >= 15 is 0 Å². The molecule has 0 bridgehead atoms. The van der Waals surface area contributed by atoms with Crippen molar-refractivity contribution in [1.29, 1.82) is 0 Å². The highest BCUT2D eigenvalue weighted by Gasteiger charge is 2.31. The maximum absolute atomic E-state index is 15.0. The van der Waals surface area contributed by atoms with Gasteiger partial charge in [-0.2, -0.15) is 18.6 Å². The third-order valence-corrected chi connectivity index (χ3v) is 6.68. The summed E-state index contributed by atoms with van der Waals surface area (Å²) in [6.45, 7) is 2.69. The molecule has 1 atom stereocenters. The summed E-state index contributed by atoms with van der Waals surface area (Å²) >= 11 is 8.23. The molecule has 4 heterocycles. The van der Waals surface area contributed by atoms with Gasteiger partial charge in [0.15, 0.2) is 0 Å². The largest absolute Gasteiger partial charge is 0.400 e. The number of hydrogen-bond donors (Lipinski definition) is 0. The molecule has 1 fully saturated rings. The van der Waals surface area contributed by atoms with Crippen molar-refractivity contribution < 1.29 is 17.9 Å². The first-order valence-electron chi connectivity index (χ1n) is 10.8. The number of benzene rings is 1. The average molecular weight is 584 g/mol. The molecular formula is C23H19BrClF3N6O2. The molecule has 1 aliphatic rings. The third-order valence-electron chi connectivity index (χ3n) is 6.08. The van der Waals surface area contributed by atoms with Crippen molar-refractivity contribution in [1.82, 2.24) is 24.3 Å². The lowest BCUT2D eigenvalue weighted by Gasteiger charge is -2.33. The summed E-state index contributed by atoms with van der Waals surface area (Å²) in [4.78, 5) is 20.9. The first kappa shape index (κ1) is 24.7. The number of ether oxygens (including phenoxy) is 1. The minimum atomic E-state index is -3.33. The highest BCUT2D eigenvalue weighted by atomic mass is 79.9. The van der Waals surface area contributed by atoms with E-state index < -0.39 is 16.9 Å². The van der Waals surface area contributed by atoms with Crippen molar-refractivity contribution in [3.63, 3.8) is 0 Å². The third kappa shape index (κ3) is 4.48. The summed E-state index contributed by atoms with van der Waals surface area (Å²) in [5, 5.41) is 4.10. The van der Waals surface area contributed by atoms with E-state index in [0.717, 1.165) is 6.07 Å². The Balaban J connectivity index is 1.61. The molecular weight excluding hydrogens is 565 g/mol. The van der Waals surface area contributed by atoms with Crippen molar-refractivity contribution in [3.05, 3.63) is 69.2 Å². The van der Waals surface area contributed by atoms with E-state index in [1.807, 2.05) is 4.90 Å². The second-order valence-corrected chi connectivity index (χ2v) is 9.75. The summed E-state index contributed by atoms with van der Waals surface area (Å²) in [6.07, 6.45) is 1.97. The molecule has 3 aromatic heterocycles. The Hall–Kier alpha value is -2.96. The quantitative estimate of drug-likeness (QED) is 0.322. The van der Waals surface area contributed by atoms with Gasteiger partial charge in [0, 0.05) is 64.5 Å². The van der Waals surface area contributed by atoms with Gasteiger partial charge in [0.2, 0.25) is 0 Å². The number of nitrogens with zero attached hydrogens (tertiary/aromatic N) is 6. The number of aromatic nitrogens is 5. The molecule has 4 aromatic rings. The first-order chi connectivity index (χ1) is 17.0. The summed E-state index contributed by atoms with van der Waals surface area (Å²) in [5.41, 5.74) is 0.717. The van der Waals surface area contributed by atoms with Gasteiger partial charge in [0.05, 0.1) is 29.4 Å². The van der Waals surface area contributed by atoms with E-state index in [2.05, 4.69) is 31.0 Å². The van der Waals surface area contributed by atoms with Crippen LogP contribution in [0.25, 0.3) is 22.2 Å². The Morgan fingerprint density at radius 2 is 2.03 bits per heavy atom. The van der Waals surface area contributed by atoms with Crippen LogP contribution in [-0.4, -0.2) is 44.0 Å². The predicted octanol–water partition coefficient (Wildman–Crippen LogP) is 4.77. The molecule has 1 aliphatic heterocycles. The smallest absolute Gasteiger partial charge is 0.370 e. The number of fused-ring (bicyclic) bond motifs is 1. The van der Waals surface area contributed by atoms with Gasteiger partial charge in [-0.3, -0.25) is 9.36 Å². The lowest BCUT2D eigenvalue weighted by atomic mass is 10.1. The van der Waals surface area contributed by atoms with Gasteiger partial charge in [-0.25, -0.2) is 14.4 Å². The molecule has 0 spiro atoms. The number of anilines is 1. The van der Waals surface area contributed by atoms with Crippen molar-refractivity contribution in [2.24, 2.45) is 7.05 Å². The molecule has 0 radical (unpaired) electrons. The Morgan fingerprint density at radius 1 is 1.25 bits per heavy atom. The van der Waals surface area contributed by atoms with E-state index in [4.69, 9.17) is 16.3 Å². The molecule has 5 rings (SSSR count). The fraction of sp³-hybridized carbons (Fsp3) is 0.304. The van der Waals surface area contributed by atoms with Crippen LogP contribution in [0.15, 0.2) is 41.5 Å². The van der Waals surface area contributed by atoms with Crippen LogP contribution in [0.4, 0.5) is 19.0 Å². The van der Waals surface area contributed by atoms with E-state index in [9.17, 15) is 18.0 Å². The first-order valence-corrected chi connectivity index (χ1v) is 12.0. The summed E-state index contributed by atoms with van der Waals surface area (Å²) < 4.78 is 49.8. The fourth-order valence-electron chi connectivity index (χ4n) is 4.12. The second kappa shape index (κ2) is 9.16. The van der Waals surface area contributed by atoms with Crippen molar-refractivity contribution in [3.8, 4) is 11.3 Å². The van der Waals surface area contributed by atoms with Gasteiger partial charge in [0.1, 0.15) is 23.6 Å². The van der Waals surface area contributed by atoms with Crippen LogP contribution >= 0.6 is 27.5 Å². The molecule has 13 heteroatoms. The van der Waals surface area contributed by atoms with Crippen LogP contribution in [0.3, 0.4) is 0 Å². The highest BCUT2D eigenvalue weighted by molar-refractivity contribution is 9.09. The molecule has 36 heavy (non-hydrogen) atoms. The van der Waals surface area contributed by atoms with Gasteiger partial charge in [-0.05, 0) is 25.1 Å². The molecule has 188 valence electrons. The van der Waals surface area contributed by atoms with Gasteiger partial charge in [-0.1, -0.05) is 11.6 Å². The lowest BCUT2D eigenvalue weighted by molar-refractivity contribution is 0.0185. The second-order valence-electron chi connectivity index (χ2n) is 8.36. The molecule has 0 unspecified atom stereocenters. The molecule has 0 N–H and O–H groups in total. The van der Waals surface area contributed by atoms with Gasteiger partial charge in [-0.15, -0.1) is 0 Å². The molecule has 0 aliphatic carbocycles. The standard InChI is InChI=1S/C23H19BrClF3N6O2/c1-12-30-17-8-19(33-5-6-36-18(11-33)13-9-29-34(10-13)23(24,27)28)31-21(20(17)22(35)32(12)2)15-4-3-14(25)7-16(15)26/h3-4,7-10,18H,5-6,11H2,1-2H3/t18-/m1/s1. The zero-order valence-electron chi connectivity index (χ0n) is 19.1. The molecule has 1 saturated heterocycles. The van der Waals surface area contributed by atoms with Gasteiger partial charge >= 0.3 is 4.96 Å². The number of rotatable bonds is 4. The van der Waals surface area contributed by atoms with Gasteiger partial charge in [0.25, 0.3) is 5.56 Å². The van der Waals surface area contributed by atoms with E-state index in [1.165, 1.54) is 29.1 Å². The van der Waals surface area contributed by atoms with Crippen molar-refractivity contribution >= 4 is 44.3 Å². The predicted molar refractivity (Wildman–Crippen MR) is 132 cm³/mol. The molecule has 0 saturated carbocycles. The highest BCUT2D eigenvalue weighted by Crippen LogP contribution is 2.34. The number of hydrogen-bond acceptors (Lipinski definition) is 6. The number of aryl methyl sites for hydroxylation is 1. The van der Waals surface area contributed by atoms with E-state index in [0.29, 0.717) is 33.9 Å². The maximum atomic E-state index is 15.0. The van der Waals surface area contributed by atoms with Crippen LogP contribution in [-0.2, 0) is 16.7 Å².